The molecule has 3 heterocycles. The molecule has 164 valence electrons. The number of alkyl halides is 3. The Morgan fingerprint density at radius 3 is 2.52 bits per heavy atom. The zero-order valence-corrected chi connectivity index (χ0v) is 17.7. The largest absolute Gasteiger partial charge is 0.416 e. The number of aryl methyl sites for hydroxylation is 1. The molecular weight excluding hydrogens is 405 g/mol. The normalized spacial score (nSPS) is 16.5. The highest BCUT2D eigenvalue weighted by molar-refractivity contribution is 5.90. The van der Waals surface area contributed by atoms with Gasteiger partial charge in [-0.3, -0.25) is 0 Å². The van der Waals surface area contributed by atoms with Gasteiger partial charge in [0.25, 0.3) is 0 Å². The van der Waals surface area contributed by atoms with Crippen molar-refractivity contribution in [3.8, 4) is 0 Å². The second-order valence-corrected chi connectivity index (χ2v) is 7.96. The van der Waals surface area contributed by atoms with Crippen LogP contribution in [0.4, 0.5) is 24.8 Å². The van der Waals surface area contributed by atoms with Crippen molar-refractivity contribution in [1.29, 1.82) is 0 Å². The van der Waals surface area contributed by atoms with Crippen molar-refractivity contribution in [2.75, 3.05) is 43.4 Å². The average molecular weight is 430 g/mol. The van der Waals surface area contributed by atoms with Crippen molar-refractivity contribution in [3.63, 3.8) is 0 Å². The molecule has 31 heavy (non-hydrogen) atoms. The number of fused-ring (bicyclic) bond motifs is 1. The summed E-state index contributed by atoms with van der Waals surface area (Å²) in [5.74, 6) is 2.01. The SMILES string of the molecule is Cc1nc(N[C@H](C)c2cccc(C(F)(F)F)c2)c2cc(N3CCN(C)CC3)ncc2n1. The summed E-state index contributed by atoms with van der Waals surface area (Å²) in [7, 11) is 2.10. The van der Waals surface area contributed by atoms with Crippen LogP contribution in [0.3, 0.4) is 0 Å². The maximum atomic E-state index is 13.1. The molecule has 0 saturated carbocycles. The molecule has 0 unspecified atom stereocenters. The van der Waals surface area contributed by atoms with E-state index < -0.39 is 11.7 Å². The summed E-state index contributed by atoms with van der Waals surface area (Å²) in [4.78, 5) is 18.1. The number of hydrogen-bond acceptors (Lipinski definition) is 6. The van der Waals surface area contributed by atoms with Gasteiger partial charge in [-0.15, -0.1) is 0 Å². The molecule has 4 rings (SSSR count). The van der Waals surface area contributed by atoms with Crippen LogP contribution < -0.4 is 10.2 Å². The van der Waals surface area contributed by atoms with E-state index in [2.05, 4.69) is 37.1 Å². The van der Waals surface area contributed by atoms with E-state index in [-0.39, 0.29) is 6.04 Å². The van der Waals surface area contributed by atoms with E-state index in [1.165, 1.54) is 12.1 Å². The minimum Gasteiger partial charge on any atom is -0.363 e. The lowest BCUT2D eigenvalue weighted by Gasteiger charge is -2.33. The molecule has 1 fully saturated rings. The number of hydrogen-bond donors (Lipinski definition) is 1. The summed E-state index contributed by atoms with van der Waals surface area (Å²) in [6.45, 7) is 7.29. The lowest BCUT2D eigenvalue weighted by Crippen LogP contribution is -2.44. The summed E-state index contributed by atoms with van der Waals surface area (Å²) in [5.41, 5.74) is 0.570. The van der Waals surface area contributed by atoms with Crippen LogP contribution in [0.15, 0.2) is 36.5 Å². The van der Waals surface area contributed by atoms with Gasteiger partial charge in [0, 0.05) is 37.6 Å². The van der Waals surface area contributed by atoms with Gasteiger partial charge in [0.1, 0.15) is 17.5 Å². The lowest BCUT2D eigenvalue weighted by molar-refractivity contribution is -0.137. The zero-order chi connectivity index (χ0) is 22.2. The first kappa shape index (κ1) is 21.3. The molecule has 1 aliphatic heterocycles. The number of nitrogens with zero attached hydrogens (tertiary/aromatic N) is 5. The second-order valence-electron chi connectivity index (χ2n) is 7.96. The fraction of sp³-hybridized carbons (Fsp3) is 0.409. The number of rotatable bonds is 4. The zero-order valence-electron chi connectivity index (χ0n) is 17.7. The molecule has 1 aromatic carbocycles. The van der Waals surface area contributed by atoms with Crippen LogP contribution in [0.25, 0.3) is 10.9 Å². The number of halogens is 3. The van der Waals surface area contributed by atoms with Crippen LogP contribution in [0.1, 0.15) is 29.9 Å². The van der Waals surface area contributed by atoms with E-state index in [0.29, 0.717) is 22.7 Å². The predicted molar refractivity (Wildman–Crippen MR) is 115 cm³/mol. The number of likely N-dealkylation sites (N-methyl/N-ethyl adjacent to an activating group) is 1. The molecular formula is C22H25F3N6. The molecule has 0 radical (unpaired) electrons. The van der Waals surface area contributed by atoms with E-state index in [1.54, 1.807) is 19.2 Å². The van der Waals surface area contributed by atoms with E-state index in [9.17, 15) is 13.2 Å². The van der Waals surface area contributed by atoms with Crippen LogP contribution in [-0.2, 0) is 6.18 Å². The molecule has 0 amide bonds. The summed E-state index contributed by atoms with van der Waals surface area (Å²) in [6, 6.07) is 6.94. The smallest absolute Gasteiger partial charge is 0.363 e. The number of piperazine rings is 1. The van der Waals surface area contributed by atoms with Gasteiger partial charge < -0.3 is 15.1 Å². The monoisotopic (exact) mass is 430 g/mol. The predicted octanol–water partition coefficient (Wildman–Crippen LogP) is 4.28. The van der Waals surface area contributed by atoms with Crippen molar-refractivity contribution < 1.29 is 13.2 Å². The third kappa shape index (κ3) is 4.71. The number of aromatic nitrogens is 3. The van der Waals surface area contributed by atoms with E-state index >= 15 is 0 Å². The standard InChI is InChI=1S/C22H25F3N6/c1-14(16-5-4-6-17(11-16)22(23,24)25)27-21-18-12-20(31-9-7-30(3)8-10-31)26-13-19(18)28-15(2)29-21/h4-6,11-14H,7-10H2,1-3H3,(H,27,28,29)/t14-/m1/s1. The maximum Gasteiger partial charge on any atom is 0.416 e. The van der Waals surface area contributed by atoms with Gasteiger partial charge in [-0.25, -0.2) is 15.0 Å². The lowest BCUT2D eigenvalue weighted by atomic mass is 10.0. The van der Waals surface area contributed by atoms with Crippen molar-refractivity contribution in [2.24, 2.45) is 0 Å². The van der Waals surface area contributed by atoms with Crippen molar-refractivity contribution in [3.05, 3.63) is 53.5 Å². The topological polar surface area (TPSA) is 57.2 Å². The van der Waals surface area contributed by atoms with Gasteiger partial charge in [-0.05, 0) is 44.7 Å². The van der Waals surface area contributed by atoms with Gasteiger partial charge in [-0.2, -0.15) is 13.2 Å². The molecule has 6 nitrogen and oxygen atoms in total. The van der Waals surface area contributed by atoms with Crippen LogP contribution in [0.5, 0.6) is 0 Å². The molecule has 0 spiro atoms. The fourth-order valence-corrected chi connectivity index (χ4v) is 3.73. The molecule has 0 aliphatic carbocycles. The van der Waals surface area contributed by atoms with Crippen molar-refractivity contribution in [1.82, 2.24) is 19.9 Å². The third-order valence-electron chi connectivity index (χ3n) is 5.57. The molecule has 2 aromatic heterocycles. The Kier molecular flexibility index (Phi) is 5.70. The minimum absolute atomic E-state index is 0.375. The van der Waals surface area contributed by atoms with Gasteiger partial charge in [0.15, 0.2) is 0 Å². The summed E-state index contributed by atoms with van der Waals surface area (Å²) < 4.78 is 39.3. The van der Waals surface area contributed by atoms with E-state index in [1.807, 2.05) is 13.0 Å². The first-order valence-electron chi connectivity index (χ1n) is 10.2. The molecule has 1 aliphatic rings. The second kappa shape index (κ2) is 8.30. The molecule has 1 N–H and O–H groups in total. The molecule has 0 bridgehead atoms. The molecule has 1 atom stereocenters. The van der Waals surface area contributed by atoms with Crippen LogP contribution in [0, 0.1) is 6.92 Å². The molecule has 3 aromatic rings. The van der Waals surface area contributed by atoms with Crippen molar-refractivity contribution >= 4 is 22.5 Å². The quantitative estimate of drug-likeness (QED) is 0.667. The van der Waals surface area contributed by atoms with Gasteiger partial charge in [-0.1, -0.05) is 12.1 Å². The summed E-state index contributed by atoms with van der Waals surface area (Å²) in [6.07, 6.45) is -2.64. The Morgan fingerprint density at radius 1 is 1.06 bits per heavy atom. The third-order valence-corrected chi connectivity index (χ3v) is 5.57. The first-order chi connectivity index (χ1) is 14.7. The first-order valence-corrected chi connectivity index (χ1v) is 10.2. The van der Waals surface area contributed by atoms with Crippen LogP contribution in [-0.4, -0.2) is 53.1 Å². The van der Waals surface area contributed by atoms with E-state index in [4.69, 9.17) is 0 Å². The number of benzene rings is 1. The highest BCUT2D eigenvalue weighted by Gasteiger charge is 2.30. The highest BCUT2D eigenvalue weighted by atomic mass is 19.4. The van der Waals surface area contributed by atoms with Crippen molar-refractivity contribution in [2.45, 2.75) is 26.1 Å². The van der Waals surface area contributed by atoms with Gasteiger partial charge in [0.05, 0.1) is 17.3 Å². The Bertz CT molecular complexity index is 1080. The van der Waals surface area contributed by atoms with Crippen LogP contribution >= 0.6 is 0 Å². The number of nitrogens with one attached hydrogen (secondary N) is 1. The Morgan fingerprint density at radius 2 is 1.81 bits per heavy atom. The average Bonchev–Trinajstić information content (AvgIpc) is 2.73. The summed E-state index contributed by atoms with van der Waals surface area (Å²) >= 11 is 0. The molecule has 1 saturated heterocycles. The van der Waals surface area contributed by atoms with Crippen LogP contribution in [0.2, 0.25) is 0 Å². The highest BCUT2D eigenvalue weighted by Crippen LogP contribution is 2.32. The number of pyridine rings is 1. The minimum atomic E-state index is -4.38. The van der Waals surface area contributed by atoms with Gasteiger partial charge >= 0.3 is 6.18 Å². The van der Waals surface area contributed by atoms with E-state index in [0.717, 1.165) is 43.4 Å². The molecule has 9 heteroatoms. The fourth-order valence-electron chi connectivity index (χ4n) is 3.73. The Balaban J connectivity index is 1.65. The Hall–Kier alpha value is -2.94. The number of anilines is 2. The van der Waals surface area contributed by atoms with Gasteiger partial charge in [0.2, 0.25) is 0 Å². The summed E-state index contributed by atoms with van der Waals surface area (Å²) in [5, 5.41) is 4.08. The maximum absolute atomic E-state index is 13.1. The Labute approximate surface area is 179 Å².